The molecule has 0 fully saturated rings. The van der Waals surface area contributed by atoms with Gasteiger partial charge < -0.3 is 9.15 Å². The van der Waals surface area contributed by atoms with Crippen LogP contribution in [-0.4, -0.2) is 23.3 Å². The molecule has 0 bridgehead atoms. The van der Waals surface area contributed by atoms with Crippen molar-refractivity contribution in [3.05, 3.63) is 29.7 Å². The van der Waals surface area contributed by atoms with Gasteiger partial charge >= 0.3 is 5.97 Å². The molecule has 0 aliphatic heterocycles. The average Bonchev–Trinajstić information content (AvgIpc) is 2.95. The number of hydrogen-bond donors (Lipinski definition) is 1. The van der Waals surface area contributed by atoms with E-state index in [1.165, 1.54) is 7.11 Å². The highest BCUT2D eigenvalue weighted by atomic mass is 16.5. The van der Waals surface area contributed by atoms with E-state index in [9.17, 15) is 4.79 Å². The van der Waals surface area contributed by atoms with Crippen molar-refractivity contribution < 1.29 is 13.9 Å². The molecule has 17 heavy (non-hydrogen) atoms. The number of aromatic nitrogens is 2. The molecule has 2 aromatic rings. The molecule has 0 aliphatic rings. The summed E-state index contributed by atoms with van der Waals surface area (Å²) in [5.41, 5.74) is 1.69. The molecule has 0 unspecified atom stereocenters. The van der Waals surface area contributed by atoms with Gasteiger partial charge in [-0.2, -0.15) is 5.10 Å². The van der Waals surface area contributed by atoms with Crippen molar-refractivity contribution in [1.82, 2.24) is 10.2 Å². The number of nitrogens with zero attached hydrogens (tertiary/aromatic N) is 1. The van der Waals surface area contributed by atoms with E-state index >= 15 is 0 Å². The topological polar surface area (TPSA) is 68.1 Å². The van der Waals surface area contributed by atoms with Gasteiger partial charge in [0.25, 0.3) is 0 Å². The summed E-state index contributed by atoms with van der Waals surface area (Å²) < 4.78 is 10.0. The van der Waals surface area contributed by atoms with E-state index in [-0.39, 0.29) is 5.92 Å². The van der Waals surface area contributed by atoms with Crippen molar-refractivity contribution in [3.63, 3.8) is 0 Å². The highest BCUT2D eigenvalue weighted by Crippen LogP contribution is 2.28. The van der Waals surface area contributed by atoms with Crippen LogP contribution in [0.2, 0.25) is 0 Å². The number of esters is 1. The first kappa shape index (κ1) is 11.4. The fourth-order valence-corrected chi connectivity index (χ4v) is 1.67. The Morgan fingerprint density at radius 1 is 1.53 bits per heavy atom. The molecule has 0 amide bonds. The minimum atomic E-state index is -0.408. The standard InChI is InChI=1S/C12H14N2O3/c1-7(2)10-9(12(15)16-3)11(14-13-10)8-5-4-6-17-8/h4-7H,1-3H3,(H,13,14). The fourth-order valence-electron chi connectivity index (χ4n) is 1.67. The quantitative estimate of drug-likeness (QED) is 0.829. The van der Waals surface area contributed by atoms with Gasteiger partial charge in [0.1, 0.15) is 11.3 Å². The Bertz CT molecular complexity index is 512. The summed E-state index contributed by atoms with van der Waals surface area (Å²) >= 11 is 0. The second-order valence-corrected chi connectivity index (χ2v) is 3.98. The number of rotatable bonds is 3. The van der Waals surface area contributed by atoms with Crippen molar-refractivity contribution >= 4 is 5.97 Å². The van der Waals surface area contributed by atoms with Gasteiger partial charge in [0.05, 0.1) is 19.1 Å². The van der Waals surface area contributed by atoms with Crippen molar-refractivity contribution in [2.75, 3.05) is 7.11 Å². The van der Waals surface area contributed by atoms with Gasteiger partial charge in [0, 0.05) is 0 Å². The van der Waals surface area contributed by atoms with Crippen LogP contribution in [0.5, 0.6) is 0 Å². The van der Waals surface area contributed by atoms with Crippen LogP contribution in [0.1, 0.15) is 35.8 Å². The van der Waals surface area contributed by atoms with Gasteiger partial charge in [-0.15, -0.1) is 0 Å². The first-order valence-corrected chi connectivity index (χ1v) is 5.35. The smallest absolute Gasteiger partial charge is 0.342 e. The van der Waals surface area contributed by atoms with Crippen LogP contribution in [0, 0.1) is 0 Å². The van der Waals surface area contributed by atoms with Gasteiger partial charge in [-0.1, -0.05) is 13.8 Å². The van der Waals surface area contributed by atoms with E-state index in [4.69, 9.17) is 9.15 Å². The molecule has 0 radical (unpaired) electrons. The van der Waals surface area contributed by atoms with Crippen LogP contribution in [0.4, 0.5) is 0 Å². The molecular weight excluding hydrogens is 220 g/mol. The van der Waals surface area contributed by atoms with E-state index in [1.807, 2.05) is 13.8 Å². The predicted molar refractivity (Wildman–Crippen MR) is 61.7 cm³/mol. The largest absolute Gasteiger partial charge is 0.465 e. The van der Waals surface area contributed by atoms with Crippen molar-refractivity contribution in [2.24, 2.45) is 0 Å². The predicted octanol–water partition coefficient (Wildman–Crippen LogP) is 2.58. The molecule has 2 heterocycles. The average molecular weight is 234 g/mol. The number of furan rings is 1. The zero-order chi connectivity index (χ0) is 12.4. The van der Waals surface area contributed by atoms with Crippen LogP contribution in [-0.2, 0) is 4.74 Å². The maximum atomic E-state index is 11.8. The molecule has 0 spiro atoms. The van der Waals surface area contributed by atoms with Gasteiger partial charge in [-0.25, -0.2) is 4.79 Å². The number of aromatic amines is 1. The van der Waals surface area contributed by atoms with Gasteiger partial charge in [-0.05, 0) is 18.1 Å². The van der Waals surface area contributed by atoms with Crippen LogP contribution in [0.25, 0.3) is 11.5 Å². The first-order valence-electron chi connectivity index (χ1n) is 5.35. The molecule has 5 nitrogen and oxygen atoms in total. The van der Waals surface area contributed by atoms with E-state index < -0.39 is 5.97 Å². The Morgan fingerprint density at radius 2 is 2.29 bits per heavy atom. The maximum absolute atomic E-state index is 11.8. The van der Waals surface area contributed by atoms with E-state index in [0.29, 0.717) is 17.0 Å². The van der Waals surface area contributed by atoms with E-state index in [0.717, 1.165) is 5.69 Å². The maximum Gasteiger partial charge on any atom is 0.342 e. The van der Waals surface area contributed by atoms with E-state index in [1.54, 1.807) is 18.4 Å². The van der Waals surface area contributed by atoms with E-state index in [2.05, 4.69) is 10.2 Å². The molecule has 0 atom stereocenters. The molecule has 1 N–H and O–H groups in total. The number of H-pyrrole nitrogens is 1. The van der Waals surface area contributed by atoms with Crippen molar-refractivity contribution in [2.45, 2.75) is 19.8 Å². The Balaban J connectivity index is 2.57. The molecule has 2 aromatic heterocycles. The second-order valence-electron chi connectivity index (χ2n) is 3.98. The Labute approximate surface area is 98.8 Å². The number of nitrogens with one attached hydrogen (secondary N) is 1. The molecule has 0 saturated heterocycles. The van der Waals surface area contributed by atoms with Crippen LogP contribution < -0.4 is 0 Å². The summed E-state index contributed by atoms with van der Waals surface area (Å²) in [5, 5.41) is 7.00. The van der Waals surface area contributed by atoms with Gasteiger partial charge in [0.15, 0.2) is 5.76 Å². The fraction of sp³-hybridized carbons (Fsp3) is 0.333. The summed E-state index contributed by atoms with van der Waals surface area (Å²) in [6.45, 7) is 3.96. The number of methoxy groups -OCH3 is 1. The van der Waals surface area contributed by atoms with Crippen molar-refractivity contribution in [1.29, 1.82) is 0 Å². The summed E-state index contributed by atoms with van der Waals surface area (Å²) in [4.78, 5) is 11.8. The third kappa shape index (κ3) is 1.95. The lowest BCUT2D eigenvalue weighted by Crippen LogP contribution is -2.06. The Kier molecular flexibility index (Phi) is 2.99. The van der Waals surface area contributed by atoms with Crippen LogP contribution in [0.3, 0.4) is 0 Å². The van der Waals surface area contributed by atoms with Crippen LogP contribution >= 0.6 is 0 Å². The van der Waals surface area contributed by atoms with Crippen molar-refractivity contribution in [3.8, 4) is 11.5 Å². The first-order chi connectivity index (χ1) is 8.15. The number of hydrogen-bond acceptors (Lipinski definition) is 4. The normalized spacial score (nSPS) is 10.8. The third-order valence-corrected chi connectivity index (χ3v) is 2.52. The lowest BCUT2D eigenvalue weighted by molar-refractivity contribution is 0.0600. The minimum absolute atomic E-state index is 0.153. The lowest BCUT2D eigenvalue weighted by Gasteiger charge is -2.05. The SMILES string of the molecule is COC(=O)c1c(-c2ccco2)n[nH]c1C(C)C. The summed E-state index contributed by atoms with van der Waals surface area (Å²) in [6.07, 6.45) is 1.54. The molecular formula is C12H14N2O3. The minimum Gasteiger partial charge on any atom is -0.465 e. The van der Waals surface area contributed by atoms with Gasteiger partial charge in [-0.3, -0.25) is 5.10 Å². The number of carbonyl (C=O) groups is 1. The summed E-state index contributed by atoms with van der Waals surface area (Å²) in [5.74, 6) is 0.294. The second kappa shape index (κ2) is 4.45. The molecule has 2 rings (SSSR count). The summed E-state index contributed by atoms with van der Waals surface area (Å²) in [6, 6.07) is 3.51. The van der Waals surface area contributed by atoms with Crippen LogP contribution in [0.15, 0.2) is 22.8 Å². The monoisotopic (exact) mass is 234 g/mol. The number of carbonyl (C=O) groups excluding carboxylic acids is 1. The Hall–Kier alpha value is -2.04. The molecule has 0 aliphatic carbocycles. The highest BCUT2D eigenvalue weighted by Gasteiger charge is 2.24. The molecule has 0 aromatic carbocycles. The zero-order valence-corrected chi connectivity index (χ0v) is 9.98. The molecule has 0 saturated carbocycles. The number of ether oxygens (including phenoxy) is 1. The zero-order valence-electron chi connectivity index (χ0n) is 9.98. The van der Waals surface area contributed by atoms with Gasteiger partial charge in [0.2, 0.25) is 0 Å². The highest BCUT2D eigenvalue weighted by molar-refractivity contribution is 5.96. The Morgan fingerprint density at radius 3 is 2.82 bits per heavy atom. The molecule has 5 heteroatoms. The summed E-state index contributed by atoms with van der Waals surface area (Å²) in [7, 11) is 1.35. The lowest BCUT2D eigenvalue weighted by atomic mass is 10.0. The third-order valence-electron chi connectivity index (χ3n) is 2.52. The molecule has 90 valence electrons.